The molecule has 1 heterocycles. The lowest BCUT2D eigenvalue weighted by molar-refractivity contribution is -0.0256. The SMILES string of the molecule is CC.CCN1CCC(COC2CCC2)CC1. The van der Waals surface area contributed by atoms with E-state index in [1.807, 2.05) is 13.8 Å². The minimum Gasteiger partial charge on any atom is -0.378 e. The monoisotopic (exact) mass is 227 g/mol. The Morgan fingerprint density at radius 1 is 1.06 bits per heavy atom. The average molecular weight is 227 g/mol. The highest BCUT2D eigenvalue weighted by molar-refractivity contribution is 4.74. The van der Waals surface area contributed by atoms with Crippen molar-refractivity contribution >= 4 is 0 Å². The van der Waals surface area contributed by atoms with Gasteiger partial charge in [-0.1, -0.05) is 20.8 Å². The molecule has 1 saturated heterocycles. The zero-order valence-corrected chi connectivity index (χ0v) is 11.4. The van der Waals surface area contributed by atoms with E-state index in [4.69, 9.17) is 4.74 Å². The number of nitrogens with zero attached hydrogens (tertiary/aromatic N) is 1. The maximum atomic E-state index is 5.87. The fourth-order valence-electron chi connectivity index (χ4n) is 2.28. The highest BCUT2D eigenvalue weighted by Crippen LogP contribution is 2.24. The van der Waals surface area contributed by atoms with Gasteiger partial charge in [-0.15, -0.1) is 0 Å². The molecule has 0 atom stereocenters. The molecule has 0 aromatic heterocycles. The third kappa shape index (κ3) is 4.42. The molecule has 2 fully saturated rings. The van der Waals surface area contributed by atoms with Crippen LogP contribution in [0.25, 0.3) is 0 Å². The van der Waals surface area contributed by atoms with Crippen LogP contribution in [0.5, 0.6) is 0 Å². The zero-order valence-electron chi connectivity index (χ0n) is 11.4. The Kier molecular flexibility index (Phi) is 7.06. The van der Waals surface area contributed by atoms with Crippen LogP contribution in [0.3, 0.4) is 0 Å². The van der Waals surface area contributed by atoms with Crippen molar-refractivity contribution < 1.29 is 4.74 Å². The van der Waals surface area contributed by atoms with Crippen LogP contribution in [-0.2, 0) is 4.74 Å². The Balaban J connectivity index is 0.000000606. The minimum atomic E-state index is 0.624. The molecule has 0 N–H and O–H groups in total. The quantitative estimate of drug-likeness (QED) is 0.730. The van der Waals surface area contributed by atoms with Gasteiger partial charge in [0.25, 0.3) is 0 Å². The first-order chi connectivity index (χ1) is 7.88. The summed E-state index contributed by atoms with van der Waals surface area (Å²) in [5.41, 5.74) is 0. The number of hydrogen-bond donors (Lipinski definition) is 0. The predicted octanol–water partition coefficient (Wildman–Crippen LogP) is 3.31. The van der Waals surface area contributed by atoms with E-state index in [0.29, 0.717) is 6.10 Å². The topological polar surface area (TPSA) is 12.5 Å². The van der Waals surface area contributed by atoms with Gasteiger partial charge < -0.3 is 9.64 Å². The molecule has 0 aromatic carbocycles. The second kappa shape index (κ2) is 8.08. The lowest BCUT2D eigenvalue weighted by atomic mass is 9.94. The Hall–Kier alpha value is -0.0800. The first kappa shape index (κ1) is 14.0. The molecule has 1 aliphatic heterocycles. The predicted molar refractivity (Wildman–Crippen MR) is 69.8 cm³/mol. The Bertz CT molecular complexity index is 160. The van der Waals surface area contributed by atoms with Crippen molar-refractivity contribution in [2.24, 2.45) is 5.92 Å². The van der Waals surface area contributed by atoms with Gasteiger partial charge in [0.1, 0.15) is 0 Å². The summed E-state index contributed by atoms with van der Waals surface area (Å²) in [5.74, 6) is 0.846. The summed E-state index contributed by atoms with van der Waals surface area (Å²) >= 11 is 0. The van der Waals surface area contributed by atoms with Gasteiger partial charge in [-0.25, -0.2) is 0 Å². The van der Waals surface area contributed by atoms with Crippen molar-refractivity contribution in [1.29, 1.82) is 0 Å². The molecule has 16 heavy (non-hydrogen) atoms. The molecule has 1 aliphatic carbocycles. The molecule has 2 nitrogen and oxygen atoms in total. The second-order valence-corrected chi connectivity index (χ2v) is 4.76. The number of likely N-dealkylation sites (tertiary alicyclic amines) is 1. The van der Waals surface area contributed by atoms with Crippen molar-refractivity contribution in [1.82, 2.24) is 4.90 Å². The van der Waals surface area contributed by atoms with Crippen LogP contribution in [-0.4, -0.2) is 37.2 Å². The third-order valence-corrected chi connectivity index (χ3v) is 3.77. The smallest absolute Gasteiger partial charge is 0.0575 e. The fourth-order valence-corrected chi connectivity index (χ4v) is 2.28. The first-order valence-corrected chi connectivity index (χ1v) is 7.22. The number of ether oxygens (including phenoxy) is 1. The number of rotatable bonds is 4. The van der Waals surface area contributed by atoms with Gasteiger partial charge in [0.15, 0.2) is 0 Å². The standard InChI is InChI=1S/C12H23NO.C2H6/c1-2-13-8-6-11(7-9-13)10-14-12-4-3-5-12;1-2/h11-12H,2-10H2,1H3;1-2H3. The highest BCUT2D eigenvalue weighted by Gasteiger charge is 2.22. The molecule has 2 heteroatoms. The molecule has 1 saturated carbocycles. The van der Waals surface area contributed by atoms with Crippen molar-refractivity contribution in [2.75, 3.05) is 26.2 Å². The number of hydrogen-bond acceptors (Lipinski definition) is 2. The lowest BCUT2D eigenvalue weighted by Crippen LogP contribution is -2.36. The molecule has 0 spiro atoms. The fraction of sp³-hybridized carbons (Fsp3) is 1.00. The van der Waals surface area contributed by atoms with Crippen molar-refractivity contribution in [3.63, 3.8) is 0 Å². The van der Waals surface area contributed by atoms with Crippen LogP contribution in [0.15, 0.2) is 0 Å². The molecule has 0 unspecified atom stereocenters. The van der Waals surface area contributed by atoms with Crippen molar-refractivity contribution in [3.05, 3.63) is 0 Å². The Morgan fingerprint density at radius 3 is 2.12 bits per heavy atom. The zero-order chi connectivity index (χ0) is 11.8. The molecule has 2 rings (SSSR count). The van der Waals surface area contributed by atoms with Gasteiger partial charge in [-0.3, -0.25) is 0 Å². The first-order valence-electron chi connectivity index (χ1n) is 7.22. The van der Waals surface area contributed by atoms with Gasteiger partial charge in [0, 0.05) is 6.61 Å². The van der Waals surface area contributed by atoms with Gasteiger partial charge in [0.05, 0.1) is 6.10 Å². The van der Waals surface area contributed by atoms with E-state index >= 15 is 0 Å². The number of piperidine rings is 1. The van der Waals surface area contributed by atoms with Crippen LogP contribution in [0.1, 0.15) is 52.9 Å². The minimum absolute atomic E-state index is 0.624. The van der Waals surface area contributed by atoms with E-state index in [-0.39, 0.29) is 0 Å². The summed E-state index contributed by atoms with van der Waals surface area (Å²) in [5, 5.41) is 0. The van der Waals surface area contributed by atoms with Gasteiger partial charge >= 0.3 is 0 Å². The molecule has 0 radical (unpaired) electrons. The summed E-state index contributed by atoms with van der Waals surface area (Å²) < 4.78 is 5.87. The maximum Gasteiger partial charge on any atom is 0.0575 e. The molecule has 2 aliphatic rings. The van der Waals surface area contributed by atoms with E-state index in [0.717, 1.165) is 12.5 Å². The van der Waals surface area contributed by atoms with E-state index in [2.05, 4.69) is 11.8 Å². The second-order valence-electron chi connectivity index (χ2n) is 4.76. The molecule has 0 amide bonds. The summed E-state index contributed by atoms with van der Waals surface area (Å²) in [7, 11) is 0. The van der Waals surface area contributed by atoms with Gasteiger partial charge in [-0.05, 0) is 57.7 Å². The van der Waals surface area contributed by atoms with Gasteiger partial charge in [0.2, 0.25) is 0 Å². The Morgan fingerprint density at radius 2 is 1.69 bits per heavy atom. The molecule has 0 aromatic rings. The average Bonchev–Trinajstić information content (AvgIpc) is 2.31. The summed E-state index contributed by atoms with van der Waals surface area (Å²) in [6.07, 6.45) is 7.33. The largest absolute Gasteiger partial charge is 0.378 e. The highest BCUT2D eigenvalue weighted by atomic mass is 16.5. The lowest BCUT2D eigenvalue weighted by Gasteiger charge is -2.33. The summed E-state index contributed by atoms with van der Waals surface area (Å²) in [4.78, 5) is 2.54. The van der Waals surface area contributed by atoms with Crippen LogP contribution in [0.2, 0.25) is 0 Å². The molecular weight excluding hydrogens is 198 g/mol. The molecule has 0 bridgehead atoms. The third-order valence-electron chi connectivity index (χ3n) is 3.77. The normalized spacial score (nSPS) is 23.4. The van der Waals surface area contributed by atoms with Crippen LogP contribution >= 0.6 is 0 Å². The van der Waals surface area contributed by atoms with Crippen molar-refractivity contribution in [2.45, 2.75) is 59.0 Å². The molecular formula is C14H29NO. The molecule has 96 valence electrons. The maximum absolute atomic E-state index is 5.87. The van der Waals surface area contributed by atoms with E-state index < -0.39 is 0 Å². The van der Waals surface area contributed by atoms with E-state index in [1.54, 1.807) is 0 Å². The Labute approximate surface area is 101 Å². The van der Waals surface area contributed by atoms with Crippen LogP contribution < -0.4 is 0 Å². The van der Waals surface area contributed by atoms with Crippen LogP contribution in [0, 0.1) is 5.92 Å². The van der Waals surface area contributed by atoms with Gasteiger partial charge in [-0.2, -0.15) is 0 Å². The van der Waals surface area contributed by atoms with Crippen molar-refractivity contribution in [3.8, 4) is 0 Å². The summed E-state index contributed by atoms with van der Waals surface area (Å²) in [6.45, 7) is 11.1. The van der Waals surface area contributed by atoms with E-state index in [9.17, 15) is 0 Å². The van der Waals surface area contributed by atoms with Crippen LogP contribution in [0.4, 0.5) is 0 Å². The summed E-state index contributed by atoms with van der Waals surface area (Å²) in [6, 6.07) is 0. The van der Waals surface area contributed by atoms with E-state index in [1.165, 1.54) is 51.7 Å².